The summed E-state index contributed by atoms with van der Waals surface area (Å²) in [6.07, 6.45) is 7.27. The van der Waals surface area contributed by atoms with E-state index >= 15 is 0 Å². The molecule has 96 valence electrons. The van der Waals surface area contributed by atoms with E-state index in [-0.39, 0.29) is 0 Å². The zero-order valence-electron chi connectivity index (χ0n) is 10.7. The molecule has 2 N–H and O–H groups in total. The SMILES string of the molecule is CCC1CCCCN1CCn1cc(CN)nn1. The van der Waals surface area contributed by atoms with Crippen LogP contribution in [0.1, 0.15) is 38.3 Å². The van der Waals surface area contributed by atoms with E-state index in [1.54, 1.807) is 0 Å². The highest BCUT2D eigenvalue weighted by Gasteiger charge is 2.20. The van der Waals surface area contributed by atoms with Gasteiger partial charge in [0.2, 0.25) is 0 Å². The van der Waals surface area contributed by atoms with Gasteiger partial charge in [0, 0.05) is 25.3 Å². The topological polar surface area (TPSA) is 60.0 Å². The molecule has 17 heavy (non-hydrogen) atoms. The van der Waals surface area contributed by atoms with Crippen LogP contribution in [-0.4, -0.2) is 39.0 Å². The molecule has 1 aromatic rings. The first-order chi connectivity index (χ1) is 8.33. The minimum Gasteiger partial charge on any atom is -0.325 e. The van der Waals surface area contributed by atoms with Gasteiger partial charge in [0.15, 0.2) is 0 Å². The van der Waals surface area contributed by atoms with Crippen molar-refractivity contribution in [1.29, 1.82) is 0 Å². The van der Waals surface area contributed by atoms with Gasteiger partial charge in [0.05, 0.1) is 12.2 Å². The lowest BCUT2D eigenvalue weighted by Crippen LogP contribution is -2.40. The van der Waals surface area contributed by atoms with E-state index in [9.17, 15) is 0 Å². The number of piperidine rings is 1. The maximum Gasteiger partial charge on any atom is 0.0962 e. The Labute approximate surface area is 103 Å². The molecule has 1 aromatic heterocycles. The normalized spacial score (nSPS) is 21.9. The first-order valence-corrected chi connectivity index (χ1v) is 6.66. The standard InChI is InChI=1S/C12H23N5/c1-2-12-5-3-4-6-16(12)7-8-17-10-11(9-13)14-15-17/h10,12H,2-9,13H2,1H3. The summed E-state index contributed by atoms with van der Waals surface area (Å²) >= 11 is 0. The van der Waals surface area contributed by atoms with Gasteiger partial charge in [-0.05, 0) is 25.8 Å². The van der Waals surface area contributed by atoms with Gasteiger partial charge in [-0.2, -0.15) is 0 Å². The zero-order chi connectivity index (χ0) is 12.1. The Morgan fingerprint density at radius 2 is 2.29 bits per heavy atom. The third-order valence-electron chi connectivity index (χ3n) is 3.63. The molecule has 1 aliphatic heterocycles. The Hall–Kier alpha value is -0.940. The molecule has 2 rings (SSSR count). The maximum absolute atomic E-state index is 5.52. The molecule has 2 heterocycles. The van der Waals surface area contributed by atoms with E-state index in [1.807, 2.05) is 10.9 Å². The predicted octanol–water partition coefficient (Wildman–Crippen LogP) is 1.00. The van der Waals surface area contributed by atoms with Crippen LogP contribution in [0.3, 0.4) is 0 Å². The molecule has 1 fully saturated rings. The van der Waals surface area contributed by atoms with E-state index in [4.69, 9.17) is 5.73 Å². The fraction of sp³-hybridized carbons (Fsp3) is 0.833. The highest BCUT2D eigenvalue weighted by Crippen LogP contribution is 2.18. The first-order valence-electron chi connectivity index (χ1n) is 6.66. The molecule has 0 saturated carbocycles. The van der Waals surface area contributed by atoms with Crippen molar-refractivity contribution in [3.63, 3.8) is 0 Å². The van der Waals surface area contributed by atoms with E-state index in [1.165, 1.54) is 32.2 Å². The Morgan fingerprint density at radius 3 is 3.00 bits per heavy atom. The van der Waals surface area contributed by atoms with Gasteiger partial charge in [-0.1, -0.05) is 18.6 Å². The van der Waals surface area contributed by atoms with Crippen LogP contribution in [0, 0.1) is 0 Å². The Morgan fingerprint density at radius 1 is 1.41 bits per heavy atom. The van der Waals surface area contributed by atoms with Gasteiger partial charge in [0.25, 0.3) is 0 Å². The molecule has 1 saturated heterocycles. The third kappa shape index (κ3) is 3.26. The second-order valence-corrected chi connectivity index (χ2v) is 4.77. The predicted molar refractivity (Wildman–Crippen MR) is 67.4 cm³/mol. The summed E-state index contributed by atoms with van der Waals surface area (Å²) < 4.78 is 1.91. The second-order valence-electron chi connectivity index (χ2n) is 4.77. The molecule has 0 aromatic carbocycles. The van der Waals surface area contributed by atoms with Crippen LogP contribution in [0.4, 0.5) is 0 Å². The van der Waals surface area contributed by atoms with Crippen LogP contribution in [-0.2, 0) is 13.1 Å². The van der Waals surface area contributed by atoms with E-state index in [0.29, 0.717) is 6.54 Å². The number of likely N-dealkylation sites (tertiary alicyclic amines) is 1. The van der Waals surface area contributed by atoms with E-state index in [0.717, 1.165) is 24.8 Å². The second kappa shape index (κ2) is 6.12. The minimum atomic E-state index is 0.474. The summed E-state index contributed by atoms with van der Waals surface area (Å²) in [5.41, 5.74) is 6.39. The summed E-state index contributed by atoms with van der Waals surface area (Å²) in [6, 6.07) is 0.765. The van der Waals surface area contributed by atoms with Gasteiger partial charge in [-0.15, -0.1) is 5.10 Å². The summed E-state index contributed by atoms with van der Waals surface area (Å²) in [7, 11) is 0. The van der Waals surface area contributed by atoms with Crippen LogP contribution in [0.2, 0.25) is 0 Å². The molecule has 0 radical (unpaired) electrons. The number of rotatable bonds is 5. The molecular formula is C12H23N5. The van der Waals surface area contributed by atoms with Crippen LogP contribution in [0.5, 0.6) is 0 Å². The quantitative estimate of drug-likeness (QED) is 0.830. The van der Waals surface area contributed by atoms with Crippen molar-refractivity contribution in [2.45, 2.75) is 51.7 Å². The number of nitrogens with two attached hydrogens (primary N) is 1. The number of nitrogens with zero attached hydrogens (tertiary/aromatic N) is 4. The fourth-order valence-electron chi connectivity index (χ4n) is 2.59. The van der Waals surface area contributed by atoms with Crippen molar-refractivity contribution >= 4 is 0 Å². The average Bonchev–Trinajstić information content (AvgIpc) is 2.84. The van der Waals surface area contributed by atoms with Crippen molar-refractivity contribution in [3.05, 3.63) is 11.9 Å². The first kappa shape index (κ1) is 12.5. The van der Waals surface area contributed by atoms with Crippen LogP contribution in [0.25, 0.3) is 0 Å². The lowest BCUT2D eigenvalue weighted by molar-refractivity contribution is 0.137. The van der Waals surface area contributed by atoms with Crippen molar-refractivity contribution in [2.75, 3.05) is 13.1 Å². The molecule has 5 heteroatoms. The van der Waals surface area contributed by atoms with Crippen LogP contribution < -0.4 is 5.73 Å². The summed E-state index contributed by atoms with van der Waals surface area (Å²) in [4.78, 5) is 2.59. The van der Waals surface area contributed by atoms with E-state index < -0.39 is 0 Å². The molecule has 1 aliphatic rings. The van der Waals surface area contributed by atoms with E-state index in [2.05, 4.69) is 22.1 Å². The Kier molecular flexibility index (Phi) is 4.50. The molecule has 0 bridgehead atoms. The average molecular weight is 237 g/mol. The molecule has 0 amide bonds. The summed E-state index contributed by atoms with van der Waals surface area (Å²) in [5, 5.41) is 8.09. The highest BCUT2D eigenvalue weighted by atomic mass is 15.4. The van der Waals surface area contributed by atoms with Gasteiger partial charge in [-0.3, -0.25) is 9.58 Å². The van der Waals surface area contributed by atoms with Crippen molar-refractivity contribution in [2.24, 2.45) is 5.73 Å². The summed E-state index contributed by atoms with van der Waals surface area (Å²) in [5.74, 6) is 0. The van der Waals surface area contributed by atoms with Crippen LogP contribution >= 0.6 is 0 Å². The summed E-state index contributed by atoms with van der Waals surface area (Å²) in [6.45, 7) is 5.98. The van der Waals surface area contributed by atoms with Gasteiger partial charge < -0.3 is 5.73 Å². The smallest absolute Gasteiger partial charge is 0.0962 e. The zero-order valence-corrected chi connectivity index (χ0v) is 10.7. The van der Waals surface area contributed by atoms with Crippen molar-refractivity contribution in [1.82, 2.24) is 19.9 Å². The Balaban J connectivity index is 1.83. The molecule has 1 atom stereocenters. The van der Waals surface area contributed by atoms with Crippen molar-refractivity contribution < 1.29 is 0 Å². The monoisotopic (exact) mass is 237 g/mol. The number of hydrogen-bond acceptors (Lipinski definition) is 4. The molecule has 0 spiro atoms. The van der Waals surface area contributed by atoms with Crippen molar-refractivity contribution in [3.8, 4) is 0 Å². The molecular weight excluding hydrogens is 214 g/mol. The lowest BCUT2D eigenvalue weighted by atomic mass is 10.0. The molecule has 1 unspecified atom stereocenters. The molecule has 0 aliphatic carbocycles. The highest BCUT2D eigenvalue weighted by molar-refractivity contribution is 4.90. The Bertz CT molecular complexity index is 335. The fourth-order valence-corrected chi connectivity index (χ4v) is 2.59. The largest absolute Gasteiger partial charge is 0.325 e. The third-order valence-corrected chi connectivity index (χ3v) is 3.63. The lowest BCUT2D eigenvalue weighted by Gasteiger charge is -2.35. The maximum atomic E-state index is 5.52. The van der Waals surface area contributed by atoms with Crippen LogP contribution in [0.15, 0.2) is 6.20 Å². The number of aromatic nitrogens is 3. The van der Waals surface area contributed by atoms with Gasteiger partial charge in [-0.25, -0.2) is 0 Å². The minimum absolute atomic E-state index is 0.474. The van der Waals surface area contributed by atoms with Gasteiger partial charge in [0.1, 0.15) is 0 Å². The number of hydrogen-bond donors (Lipinski definition) is 1. The van der Waals surface area contributed by atoms with Gasteiger partial charge >= 0.3 is 0 Å². The molecule has 5 nitrogen and oxygen atoms in total.